The Labute approximate surface area is 165 Å². The number of aromatic nitrogens is 3. The van der Waals surface area contributed by atoms with Crippen LogP contribution >= 0.6 is 0 Å². The van der Waals surface area contributed by atoms with E-state index >= 15 is 0 Å². The highest BCUT2D eigenvalue weighted by Gasteiger charge is 2.22. The molecule has 0 aliphatic rings. The largest absolute Gasteiger partial charge is 0.497 e. The zero-order valence-corrected chi connectivity index (χ0v) is 16.3. The lowest BCUT2D eigenvalue weighted by Gasteiger charge is -2.12. The maximum Gasteiger partial charge on any atom is 0.336 e. The van der Waals surface area contributed by atoms with Crippen LogP contribution in [0.1, 0.15) is 5.56 Å². The number of ether oxygens (including phenoxy) is 1. The average molecular weight is 392 g/mol. The maximum atomic E-state index is 13.4. The first-order valence-electron chi connectivity index (χ1n) is 9.01. The highest BCUT2D eigenvalue weighted by atomic mass is 16.5. The molecule has 0 aliphatic carbocycles. The number of primary amides is 1. The van der Waals surface area contributed by atoms with Crippen molar-refractivity contribution >= 4 is 27.8 Å². The first-order chi connectivity index (χ1) is 13.8. The summed E-state index contributed by atoms with van der Waals surface area (Å²) < 4.78 is 9.35. The van der Waals surface area contributed by atoms with Gasteiger partial charge in [-0.05, 0) is 42.8 Å². The number of methoxy groups -OCH3 is 1. The number of nitrogens with zero attached hydrogens (tertiary/aromatic N) is 3. The molecule has 2 aromatic heterocycles. The van der Waals surface area contributed by atoms with Crippen molar-refractivity contribution in [3.8, 4) is 11.4 Å². The molecule has 1 amide bonds. The Morgan fingerprint density at radius 3 is 2.52 bits per heavy atom. The lowest BCUT2D eigenvalue weighted by molar-refractivity contribution is -0.118. The van der Waals surface area contributed by atoms with E-state index in [-0.39, 0.29) is 6.54 Å². The molecule has 0 bridgehead atoms. The Kier molecular flexibility index (Phi) is 4.26. The lowest BCUT2D eigenvalue weighted by atomic mass is 10.2. The van der Waals surface area contributed by atoms with Crippen LogP contribution in [-0.4, -0.2) is 26.7 Å². The number of carbonyl (C=O) groups excluding carboxylic acids is 1. The number of fused-ring (bicyclic) bond motifs is 3. The van der Waals surface area contributed by atoms with E-state index in [2.05, 4.69) is 0 Å². The van der Waals surface area contributed by atoms with Gasteiger partial charge in [0.2, 0.25) is 5.91 Å². The smallest absolute Gasteiger partial charge is 0.336 e. The van der Waals surface area contributed by atoms with Crippen LogP contribution in [0.25, 0.3) is 27.6 Å². The van der Waals surface area contributed by atoms with Crippen molar-refractivity contribution in [2.45, 2.75) is 13.5 Å². The van der Waals surface area contributed by atoms with Gasteiger partial charge in [-0.2, -0.15) is 0 Å². The number of benzene rings is 2. The van der Waals surface area contributed by atoms with Crippen molar-refractivity contribution in [3.63, 3.8) is 0 Å². The van der Waals surface area contributed by atoms with E-state index in [0.717, 1.165) is 15.6 Å². The summed E-state index contributed by atoms with van der Waals surface area (Å²) in [5, 5.41) is 0.633. The summed E-state index contributed by atoms with van der Waals surface area (Å²) in [6, 6.07) is 12.4. The molecule has 0 fully saturated rings. The fourth-order valence-corrected chi connectivity index (χ4v) is 3.76. The molecule has 4 aromatic rings. The Bertz CT molecular complexity index is 1410. The molecule has 29 heavy (non-hydrogen) atoms. The van der Waals surface area contributed by atoms with Gasteiger partial charge in [-0.25, -0.2) is 9.36 Å². The number of hydrogen-bond acceptors (Lipinski definition) is 4. The van der Waals surface area contributed by atoms with Crippen molar-refractivity contribution in [2.24, 2.45) is 12.8 Å². The van der Waals surface area contributed by atoms with Gasteiger partial charge in [-0.1, -0.05) is 12.1 Å². The molecule has 8 heteroatoms. The van der Waals surface area contributed by atoms with Gasteiger partial charge < -0.3 is 15.0 Å². The maximum absolute atomic E-state index is 13.4. The molecule has 0 atom stereocenters. The molecule has 148 valence electrons. The van der Waals surface area contributed by atoms with E-state index in [4.69, 9.17) is 10.5 Å². The molecular weight excluding hydrogens is 372 g/mol. The number of rotatable bonds is 4. The van der Waals surface area contributed by atoms with Crippen LogP contribution in [-0.2, 0) is 18.4 Å². The lowest BCUT2D eigenvalue weighted by Crippen LogP contribution is -2.41. The fourth-order valence-electron chi connectivity index (χ4n) is 3.76. The van der Waals surface area contributed by atoms with E-state index in [1.165, 1.54) is 11.7 Å². The van der Waals surface area contributed by atoms with Gasteiger partial charge in [0.1, 0.15) is 17.8 Å². The minimum Gasteiger partial charge on any atom is -0.497 e. The molecule has 0 spiro atoms. The molecule has 0 saturated carbocycles. The predicted octanol–water partition coefficient (Wildman–Crippen LogP) is 1.45. The molecule has 0 unspecified atom stereocenters. The van der Waals surface area contributed by atoms with Crippen LogP contribution in [0.2, 0.25) is 0 Å². The van der Waals surface area contributed by atoms with Crippen molar-refractivity contribution < 1.29 is 9.53 Å². The number of carbonyl (C=O) groups is 1. The Morgan fingerprint density at radius 1 is 1.10 bits per heavy atom. The monoisotopic (exact) mass is 392 g/mol. The SMILES string of the molecule is COc1ccc2c(c1)c1c(c(=O)n(-c3cccc(C)c3)c(=O)n1CC(N)=O)n2C. The molecule has 0 aliphatic heterocycles. The third kappa shape index (κ3) is 2.80. The molecule has 0 saturated heterocycles. The zero-order valence-electron chi connectivity index (χ0n) is 16.3. The van der Waals surface area contributed by atoms with E-state index < -0.39 is 17.2 Å². The standard InChI is InChI=1S/C21H20N4O4/c1-12-5-4-6-13(9-12)25-20(27)19-18(24(21(25)28)11-17(22)26)15-10-14(29-3)7-8-16(15)23(19)2/h4-10H,11H2,1-3H3,(H2,22,26). The number of amides is 1. The molecule has 0 radical (unpaired) electrons. The van der Waals surface area contributed by atoms with Crippen LogP contribution < -0.4 is 21.7 Å². The zero-order chi connectivity index (χ0) is 20.9. The van der Waals surface area contributed by atoms with Gasteiger partial charge >= 0.3 is 5.69 Å². The van der Waals surface area contributed by atoms with Crippen LogP contribution in [0, 0.1) is 6.92 Å². The minimum absolute atomic E-state index is 0.301. The second-order valence-corrected chi connectivity index (χ2v) is 6.95. The highest BCUT2D eigenvalue weighted by molar-refractivity contribution is 6.06. The molecular formula is C21H20N4O4. The number of hydrogen-bond donors (Lipinski definition) is 1. The fraction of sp³-hybridized carbons (Fsp3) is 0.190. The van der Waals surface area contributed by atoms with Gasteiger partial charge in [-0.3, -0.25) is 14.2 Å². The topological polar surface area (TPSA) is 101 Å². The van der Waals surface area contributed by atoms with Gasteiger partial charge in [-0.15, -0.1) is 0 Å². The highest BCUT2D eigenvalue weighted by Crippen LogP contribution is 2.29. The molecule has 2 N–H and O–H groups in total. The van der Waals surface area contributed by atoms with Crippen molar-refractivity contribution in [2.75, 3.05) is 7.11 Å². The molecule has 2 aromatic carbocycles. The van der Waals surface area contributed by atoms with E-state index in [1.807, 2.05) is 19.1 Å². The second-order valence-electron chi connectivity index (χ2n) is 6.95. The van der Waals surface area contributed by atoms with E-state index in [0.29, 0.717) is 27.9 Å². The quantitative estimate of drug-likeness (QED) is 0.568. The average Bonchev–Trinajstić information content (AvgIpc) is 2.97. The summed E-state index contributed by atoms with van der Waals surface area (Å²) in [7, 11) is 3.28. The van der Waals surface area contributed by atoms with Crippen LogP contribution in [0.5, 0.6) is 5.75 Å². The van der Waals surface area contributed by atoms with Gasteiger partial charge in [0.05, 0.1) is 23.8 Å². The van der Waals surface area contributed by atoms with Crippen molar-refractivity contribution in [3.05, 3.63) is 68.9 Å². The first kappa shape index (κ1) is 18.5. The number of nitrogens with two attached hydrogens (primary N) is 1. The third-order valence-corrected chi connectivity index (χ3v) is 5.05. The molecule has 4 rings (SSSR count). The van der Waals surface area contributed by atoms with Gasteiger partial charge in [0.25, 0.3) is 5.56 Å². The third-order valence-electron chi connectivity index (χ3n) is 5.05. The minimum atomic E-state index is -0.678. The molecule has 8 nitrogen and oxygen atoms in total. The normalized spacial score (nSPS) is 11.3. The predicted molar refractivity (Wildman–Crippen MR) is 111 cm³/mol. The Balaban J connectivity index is 2.25. The van der Waals surface area contributed by atoms with Crippen LogP contribution in [0.4, 0.5) is 0 Å². The summed E-state index contributed by atoms with van der Waals surface area (Å²) in [4.78, 5) is 38.5. The summed E-state index contributed by atoms with van der Waals surface area (Å²) in [5.74, 6) is -0.103. The first-order valence-corrected chi connectivity index (χ1v) is 9.01. The van der Waals surface area contributed by atoms with E-state index in [9.17, 15) is 14.4 Å². The Hall–Kier alpha value is -3.81. The Morgan fingerprint density at radius 2 is 1.86 bits per heavy atom. The van der Waals surface area contributed by atoms with Crippen LogP contribution in [0.15, 0.2) is 52.1 Å². The van der Waals surface area contributed by atoms with Crippen molar-refractivity contribution in [1.82, 2.24) is 13.7 Å². The van der Waals surface area contributed by atoms with Gasteiger partial charge in [0, 0.05) is 12.4 Å². The summed E-state index contributed by atoms with van der Waals surface area (Å²) in [6.07, 6.45) is 0. The van der Waals surface area contributed by atoms with E-state index in [1.54, 1.807) is 41.9 Å². The van der Waals surface area contributed by atoms with Crippen LogP contribution in [0.3, 0.4) is 0 Å². The van der Waals surface area contributed by atoms with Crippen molar-refractivity contribution in [1.29, 1.82) is 0 Å². The second kappa shape index (κ2) is 6.66. The van der Waals surface area contributed by atoms with Gasteiger partial charge in [0.15, 0.2) is 0 Å². The summed E-state index contributed by atoms with van der Waals surface area (Å²) in [6.45, 7) is 1.52. The summed E-state index contributed by atoms with van der Waals surface area (Å²) in [5.41, 5.74) is 7.07. The summed E-state index contributed by atoms with van der Waals surface area (Å²) >= 11 is 0. The number of aryl methyl sites for hydroxylation is 2. The molecule has 2 heterocycles.